The van der Waals surface area contributed by atoms with Crippen molar-refractivity contribution in [3.63, 3.8) is 0 Å². The number of hydrogen-bond donors (Lipinski definition) is 4. The van der Waals surface area contributed by atoms with Gasteiger partial charge in [-0.1, -0.05) is 46.0 Å². The number of fused-ring (bicyclic) bond motifs is 6. The Kier molecular flexibility index (Phi) is 46.4. The minimum Gasteiger partial charge on any atom is -0.456 e. The molecule has 6 bridgehead atoms. The summed E-state index contributed by atoms with van der Waals surface area (Å²) in [5.41, 5.74) is -2.89. The van der Waals surface area contributed by atoms with Gasteiger partial charge in [-0.3, -0.25) is 47.9 Å². The van der Waals surface area contributed by atoms with Crippen LogP contribution in [0, 0.1) is 0 Å². The van der Waals surface area contributed by atoms with Crippen molar-refractivity contribution in [1.82, 2.24) is 66.2 Å². The lowest BCUT2D eigenvalue weighted by Gasteiger charge is -2.45. The van der Waals surface area contributed by atoms with Crippen molar-refractivity contribution < 1.29 is 181 Å². The molecular weight excluding hydrogens is 1840 g/mol. The lowest BCUT2D eigenvalue weighted by molar-refractivity contribution is -0.251. The Morgan fingerprint density at radius 3 is 0.913 bits per heavy atom. The smallest absolute Gasteiger partial charge is 0.303 e. The number of benzene rings is 1. The molecule has 138 heavy (non-hydrogen) atoms. The third-order valence-electron chi connectivity index (χ3n) is 21.4. The Morgan fingerprint density at radius 1 is 0.348 bits per heavy atom. The molecule has 10 rings (SSSR count). The molecule has 0 radical (unpaired) electrons. The number of nitrogens with zero attached hydrogens (tertiary/aromatic N) is 9. The van der Waals surface area contributed by atoms with E-state index in [1.54, 1.807) is 32.6 Å². The quantitative estimate of drug-likeness (QED) is 0.0210. The van der Waals surface area contributed by atoms with Gasteiger partial charge in [-0.15, -0.1) is 15.3 Å². The molecule has 4 N–H and O–H groups in total. The molecule has 0 unspecified atom stereocenters. The first kappa shape index (κ1) is 110. The van der Waals surface area contributed by atoms with Crippen LogP contribution in [-0.2, 0) is 227 Å². The maximum Gasteiger partial charge on any atom is 0.303 e. The van der Waals surface area contributed by atoms with Crippen molar-refractivity contribution in [3.8, 4) is 0 Å². The maximum absolute atomic E-state index is 14.2. The zero-order chi connectivity index (χ0) is 98.6. The lowest BCUT2D eigenvalue weighted by Crippen LogP contribution is -2.68. The summed E-state index contributed by atoms with van der Waals surface area (Å²) in [4.78, 5) is 124. The van der Waals surface area contributed by atoms with E-state index in [2.05, 4.69) is 52.2 Å². The standard InChI is InChI=1S/C87H131N13O38/c1-58(101)88-72-75(130-61(4)104)78(133-64(7)107)85(55-127-81(72)136-85)52-121-39-36-117-33-30-114-27-24-111-21-17-98-42-68(92-95-98)46-124-49-84(91-71(110)16-13-20-120-45-67-14-11-10-12-15-67,50-125-47-69-43-99(96-93-69)18-22-112-25-28-115-31-34-118-37-40-122-53-86-56-128-82(137-86)73(89-59(2)102)76(131-62(5)105)79(86)134-65(8)108)51-126-48-70-44-100(97-94-70)19-23-113-26-29-116-32-35-119-38-41-123-54-87-57-129-83(138-87)74(90-60(3)103)77(132-63(6)106)80(87)135-66(9)109/h10-12,14-15,42-44,72-83H,13,16-41,45-57H2,1-9H3,(H,88,101)(H,89,102)(H,90,103)(H,91,110)/t72-,73-,74-,75-,76-,77-,78-,79-,80-,81-,82+,83+,85+,86+,87+/m1/s1. The molecule has 0 saturated carbocycles. The van der Waals surface area contributed by atoms with Crippen LogP contribution < -0.4 is 21.3 Å². The van der Waals surface area contributed by atoms with E-state index in [1.807, 2.05) is 30.3 Å². The SMILES string of the molecule is CC(=O)N[C@H]1[C@@H]2OC[C@](COCCOCCOCCOCCn3cc(COCC(COCc4cn(CCOCCOCCOCCOC[C@@]56CO[C@@H](O5)[C@H](NC(C)=O)[C@@H](OC(C)=O)[C@H]6OC(C)=O)nn4)(COCc4cn(CCOCCOCCOCCOC[C@@]56CO[C@@H](O5)[C@H](NC(C)=O)[C@@H](OC(C)=O)[C@H]6OC(C)=O)nn4)NC(=O)CCCOCc4ccccc4)nn3)(O2)[C@H](OC(C)=O)[C@@H]1OC(C)=O. The third-order valence-corrected chi connectivity index (χ3v) is 21.4. The van der Waals surface area contributed by atoms with Gasteiger partial charge >= 0.3 is 35.8 Å². The van der Waals surface area contributed by atoms with Gasteiger partial charge in [-0.2, -0.15) is 0 Å². The largest absolute Gasteiger partial charge is 0.456 e. The van der Waals surface area contributed by atoms with E-state index in [1.165, 1.54) is 62.3 Å². The normalized spacial score (nSPS) is 24.0. The minimum atomic E-state index is -1.34. The van der Waals surface area contributed by atoms with Crippen LogP contribution in [0.2, 0.25) is 0 Å². The molecule has 4 aromatic rings. The monoisotopic (exact) mass is 1970 g/mol. The predicted octanol–water partition coefficient (Wildman–Crippen LogP) is -2.06. The van der Waals surface area contributed by atoms with Gasteiger partial charge in [0.25, 0.3) is 0 Å². The van der Waals surface area contributed by atoms with Gasteiger partial charge in [0.2, 0.25) is 23.6 Å². The highest BCUT2D eigenvalue weighted by Crippen LogP contribution is 2.44. The van der Waals surface area contributed by atoms with Gasteiger partial charge in [-0.05, 0) is 12.0 Å². The summed E-state index contributed by atoms with van der Waals surface area (Å²) >= 11 is 0. The summed E-state index contributed by atoms with van der Waals surface area (Å²) in [5, 5.41) is 37.0. The van der Waals surface area contributed by atoms with Gasteiger partial charge < -0.3 is 154 Å². The minimum absolute atomic E-state index is 0.0318. The number of esters is 6. The molecule has 772 valence electrons. The van der Waals surface area contributed by atoms with Crippen LogP contribution in [0.4, 0.5) is 0 Å². The van der Waals surface area contributed by atoms with E-state index >= 15 is 0 Å². The molecule has 51 nitrogen and oxygen atoms in total. The molecule has 9 heterocycles. The molecule has 1 aromatic carbocycles. The summed E-state index contributed by atoms with van der Waals surface area (Å²) < 4.78 is 169. The second-order valence-corrected chi connectivity index (χ2v) is 33.1. The number of aromatic nitrogens is 9. The van der Waals surface area contributed by atoms with Gasteiger partial charge in [-0.25, -0.2) is 14.0 Å². The number of carbonyl (C=O) groups is 10. The van der Waals surface area contributed by atoms with E-state index in [-0.39, 0.29) is 230 Å². The second-order valence-electron chi connectivity index (χ2n) is 33.1. The Hall–Kier alpha value is -9.54. The number of hydrogen-bond acceptors (Lipinski definition) is 44. The topological polar surface area (TPSA) is 569 Å². The van der Waals surface area contributed by atoms with Crippen LogP contribution in [0.1, 0.15) is 97.8 Å². The fourth-order valence-corrected chi connectivity index (χ4v) is 15.6. The van der Waals surface area contributed by atoms with Crippen LogP contribution >= 0.6 is 0 Å². The first-order valence-electron chi connectivity index (χ1n) is 45.6. The summed E-state index contributed by atoms with van der Waals surface area (Å²) in [5.74, 6) is -5.55. The molecule has 0 spiro atoms. The van der Waals surface area contributed by atoms with Gasteiger partial charge in [0.05, 0.1) is 263 Å². The molecule has 6 fully saturated rings. The highest BCUT2D eigenvalue weighted by atomic mass is 16.8. The summed E-state index contributed by atoms with van der Waals surface area (Å²) in [7, 11) is 0. The Labute approximate surface area is 796 Å². The van der Waals surface area contributed by atoms with Crippen molar-refractivity contribution in [3.05, 3.63) is 71.6 Å². The third kappa shape index (κ3) is 36.5. The number of amides is 4. The summed E-state index contributed by atoms with van der Waals surface area (Å²) in [6.45, 7) is 16.7. The zero-order valence-corrected chi connectivity index (χ0v) is 79.4. The molecule has 6 aliphatic rings. The zero-order valence-electron chi connectivity index (χ0n) is 79.4. The fourth-order valence-electron chi connectivity index (χ4n) is 15.6. The van der Waals surface area contributed by atoms with Crippen LogP contribution in [0.3, 0.4) is 0 Å². The van der Waals surface area contributed by atoms with Gasteiger partial charge in [0, 0.05) is 75.3 Å². The number of nitrogens with one attached hydrogen (secondary N) is 4. The van der Waals surface area contributed by atoms with Crippen molar-refractivity contribution in [2.24, 2.45) is 0 Å². The summed E-state index contributed by atoms with van der Waals surface area (Å²) in [6, 6.07) is 6.85. The lowest BCUT2D eigenvalue weighted by atomic mass is 9.87. The highest BCUT2D eigenvalue weighted by molar-refractivity contribution is 5.77. The van der Waals surface area contributed by atoms with E-state index in [4.69, 9.17) is 133 Å². The summed E-state index contributed by atoms with van der Waals surface area (Å²) in [6.07, 6.45) is -4.14. The highest BCUT2D eigenvalue weighted by Gasteiger charge is 2.66. The molecule has 15 atom stereocenters. The van der Waals surface area contributed by atoms with Crippen molar-refractivity contribution in [2.75, 3.05) is 205 Å². The molecular formula is C87H131N13O38. The van der Waals surface area contributed by atoms with Crippen molar-refractivity contribution in [1.29, 1.82) is 0 Å². The van der Waals surface area contributed by atoms with Crippen LogP contribution in [0.15, 0.2) is 48.9 Å². The number of carbonyl (C=O) groups excluding carboxylic acids is 10. The maximum atomic E-state index is 14.2. The van der Waals surface area contributed by atoms with E-state index < -0.39 is 149 Å². The molecule has 3 aromatic heterocycles. The molecule has 0 aliphatic carbocycles. The Bertz CT molecular complexity index is 4010. The van der Waals surface area contributed by atoms with Gasteiger partial charge in [0.1, 0.15) is 40.7 Å². The van der Waals surface area contributed by atoms with Crippen LogP contribution in [0.5, 0.6) is 0 Å². The fraction of sp³-hybridized carbons (Fsp3) is 0.747. The predicted molar refractivity (Wildman–Crippen MR) is 462 cm³/mol. The van der Waals surface area contributed by atoms with E-state index in [0.717, 1.165) is 5.56 Å². The van der Waals surface area contributed by atoms with Gasteiger partial charge in [0.15, 0.2) is 72.3 Å². The van der Waals surface area contributed by atoms with Crippen LogP contribution in [0.25, 0.3) is 0 Å². The van der Waals surface area contributed by atoms with Crippen molar-refractivity contribution >= 4 is 59.4 Å². The number of ether oxygens (including phenoxy) is 28. The van der Waals surface area contributed by atoms with Crippen LogP contribution in [-0.4, -0.2) is 405 Å². The van der Waals surface area contributed by atoms with E-state index in [9.17, 15) is 47.9 Å². The molecule has 4 amide bonds. The molecule has 51 heteroatoms. The van der Waals surface area contributed by atoms with Crippen molar-refractivity contribution in [2.45, 2.75) is 217 Å². The molecule has 6 aliphatic heterocycles. The second kappa shape index (κ2) is 58.0. The first-order valence-corrected chi connectivity index (χ1v) is 45.6. The first-order chi connectivity index (χ1) is 66.6. The van der Waals surface area contributed by atoms with E-state index in [0.29, 0.717) is 56.4 Å². The average molecular weight is 1970 g/mol. The average Bonchev–Trinajstić information content (AvgIpc) is 1.59. The molecule has 6 saturated heterocycles. The Balaban J connectivity index is 0.656. The Morgan fingerprint density at radius 2 is 0.630 bits per heavy atom. The number of rotatable bonds is 70.